The first-order chi connectivity index (χ1) is 14.8. The molecule has 0 saturated heterocycles. The molecule has 0 aliphatic carbocycles. The van der Waals surface area contributed by atoms with Gasteiger partial charge in [0.25, 0.3) is 0 Å². The van der Waals surface area contributed by atoms with Crippen LogP contribution >= 0.6 is 35.3 Å². The van der Waals surface area contributed by atoms with Gasteiger partial charge in [0.2, 0.25) is 10.2 Å². The van der Waals surface area contributed by atoms with Gasteiger partial charge >= 0.3 is 0 Å². The molecule has 0 fully saturated rings. The molecule has 0 spiro atoms. The molecular weight excluding hydrogens is 448 g/mol. The highest BCUT2D eigenvalue weighted by atomic mass is 32.2. The van der Waals surface area contributed by atoms with Crippen molar-refractivity contribution < 1.29 is 19.1 Å². The number of carbonyl (C=O) groups excluding carboxylic acids is 2. The predicted octanol–water partition coefficient (Wildman–Crippen LogP) is 6.27. The van der Waals surface area contributed by atoms with Gasteiger partial charge in [-0.1, -0.05) is 48.4 Å². The van der Waals surface area contributed by atoms with Crippen LogP contribution in [0.2, 0.25) is 0 Å². The van der Waals surface area contributed by atoms with Crippen LogP contribution in [0.3, 0.4) is 0 Å². The first-order valence-corrected chi connectivity index (χ1v) is 12.4. The van der Waals surface area contributed by atoms with Crippen molar-refractivity contribution in [1.82, 2.24) is 0 Å². The molecule has 0 atom stereocenters. The van der Waals surface area contributed by atoms with Gasteiger partial charge in [-0.3, -0.25) is 9.59 Å². The van der Waals surface area contributed by atoms with E-state index in [1.165, 1.54) is 23.5 Å². The third-order valence-corrected chi connectivity index (χ3v) is 6.73. The molecule has 0 heterocycles. The molecule has 2 aromatic carbocycles. The molecule has 0 aliphatic rings. The summed E-state index contributed by atoms with van der Waals surface area (Å²) in [5.74, 6) is 2.75. The van der Waals surface area contributed by atoms with Crippen molar-refractivity contribution in [2.75, 3.05) is 24.7 Å². The average molecular weight is 475 g/mol. The standard InChI is InChI=1S/C24H26O4S3/c1-17(2)23(25)29-15-13-27-19-5-9-21(10-6-19)31-22-11-7-20(8-12-22)28-14-16-30-24(26)18(3)4/h5-12H,1,3,13-16H2,2,4H3. The monoisotopic (exact) mass is 474 g/mol. The Morgan fingerprint density at radius 3 is 1.39 bits per heavy atom. The second-order valence-corrected chi connectivity index (χ2v) is 9.86. The lowest BCUT2D eigenvalue weighted by Crippen LogP contribution is -2.03. The van der Waals surface area contributed by atoms with Crippen LogP contribution in [0.25, 0.3) is 0 Å². The van der Waals surface area contributed by atoms with Crippen LogP contribution in [0.1, 0.15) is 13.8 Å². The third-order valence-electron chi connectivity index (χ3n) is 3.75. The van der Waals surface area contributed by atoms with E-state index in [4.69, 9.17) is 9.47 Å². The van der Waals surface area contributed by atoms with Crippen molar-refractivity contribution >= 4 is 45.5 Å². The Balaban J connectivity index is 1.72. The van der Waals surface area contributed by atoms with Crippen LogP contribution in [0.15, 0.2) is 82.6 Å². The summed E-state index contributed by atoms with van der Waals surface area (Å²) in [4.78, 5) is 25.2. The molecular formula is C24H26O4S3. The quantitative estimate of drug-likeness (QED) is 0.265. The van der Waals surface area contributed by atoms with Gasteiger partial charge in [0.15, 0.2) is 0 Å². The van der Waals surface area contributed by atoms with Gasteiger partial charge in [0, 0.05) is 21.3 Å². The summed E-state index contributed by atoms with van der Waals surface area (Å²) in [7, 11) is 0. The van der Waals surface area contributed by atoms with E-state index in [0.29, 0.717) is 35.9 Å². The van der Waals surface area contributed by atoms with Crippen LogP contribution in [-0.4, -0.2) is 35.0 Å². The minimum Gasteiger partial charge on any atom is -0.493 e. The van der Waals surface area contributed by atoms with E-state index in [1.54, 1.807) is 25.6 Å². The van der Waals surface area contributed by atoms with E-state index in [-0.39, 0.29) is 10.2 Å². The van der Waals surface area contributed by atoms with E-state index in [1.807, 2.05) is 48.5 Å². The van der Waals surface area contributed by atoms with E-state index >= 15 is 0 Å². The maximum atomic E-state index is 11.5. The van der Waals surface area contributed by atoms with Gasteiger partial charge in [-0.15, -0.1) is 0 Å². The normalized spacial score (nSPS) is 10.4. The molecule has 0 amide bonds. The second kappa shape index (κ2) is 13.3. The fourth-order valence-corrected chi connectivity index (χ4v) is 4.19. The SMILES string of the molecule is C=C(C)C(=O)SCCOc1ccc(Sc2ccc(OCCSC(=O)C(=C)C)cc2)cc1. The molecule has 31 heavy (non-hydrogen) atoms. The van der Waals surface area contributed by atoms with Gasteiger partial charge in [-0.05, 0) is 73.5 Å². The smallest absolute Gasteiger partial charge is 0.214 e. The summed E-state index contributed by atoms with van der Waals surface area (Å²) in [6, 6.07) is 15.7. The molecule has 0 N–H and O–H groups in total. The summed E-state index contributed by atoms with van der Waals surface area (Å²) in [5.41, 5.74) is 1.11. The first kappa shape index (κ1) is 25.2. The summed E-state index contributed by atoms with van der Waals surface area (Å²) in [6.07, 6.45) is 0. The van der Waals surface area contributed by atoms with Crippen molar-refractivity contribution in [2.24, 2.45) is 0 Å². The van der Waals surface area contributed by atoms with E-state index in [9.17, 15) is 9.59 Å². The highest BCUT2D eigenvalue weighted by Gasteiger charge is 2.05. The Kier molecular flexibility index (Phi) is 10.8. The second-order valence-electron chi connectivity index (χ2n) is 6.57. The van der Waals surface area contributed by atoms with Crippen LogP contribution in [0.5, 0.6) is 11.5 Å². The molecule has 0 aromatic heterocycles. The molecule has 0 saturated carbocycles. The van der Waals surface area contributed by atoms with Gasteiger partial charge < -0.3 is 9.47 Å². The highest BCUT2D eigenvalue weighted by molar-refractivity contribution is 8.14. The third kappa shape index (κ3) is 9.72. The summed E-state index contributed by atoms with van der Waals surface area (Å²) < 4.78 is 11.4. The van der Waals surface area contributed by atoms with Crippen LogP contribution in [-0.2, 0) is 9.59 Å². The Labute approximate surface area is 196 Å². The fraction of sp³-hybridized carbons (Fsp3) is 0.250. The predicted molar refractivity (Wildman–Crippen MR) is 133 cm³/mol. The lowest BCUT2D eigenvalue weighted by molar-refractivity contribution is -0.108. The van der Waals surface area contributed by atoms with Crippen molar-refractivity contribution in [3.63, 3.8) is 0 Å². The zero-order valence-electron chi connectivity index (χ0n) is 17.7. The lowest BCUT2D eigenvalue weighted by atomic mass is 10.3. The summed E-state index contributed by atoms with van der Waals surface area (Å²) in [6.45, 7) is 11.6. The molecule has 2 rings (SSSR count). The zero-order valence-corrected chi connectivity index (χ0v) is 20.2. The van der Waals surface area contributed by atoms with Gasteiger partial charge in [0.05, 0.1) is 13.2 Å². The van der Waals surface area contributed by atoms with Crippen molar-refractivity contribution in [2.45, 2.75) is 23.6 Å². The van der Waals surface area contributed by atoms with Crippen LogP contribution < -0.4 is 9.47 Å². The number of carbonyl (C=O) groups is 2. The van der Waals surface area contributed by atoms with Gasteiger partial charge in [0.1, 0.15) is 11.5 Å². The molecule has 4 nitrogen and oxygen atoms in total. The molecule has 2 aromatic rings. The fourth-order valence-electron chi connectivity index (χ4n) is 2.18. The van der Waals surface area contributed by atoms with Gasteiger partial charge in [-0.2, -0.15) is 0 Å². The first-order valence-electron chi connectivity index (χ1n) is 9.64. The Morgan fingerprint density at radius 2 is 1.06 bits per heavy atom. The number of rotatable bonds is 12. The Morgan fingerprint density at radius 1 is 0.710 bits per heavy atom. The van der Waals surface area contributed by atoms with Crippen molar-refractivity contribution in [3.8, 4) is 11.5 Å². The minimum absolute atomic E-state index is 0.00327. The van der Waals surface area contributed by atoms with Crippen molar-refractivity contribution in [3.05, 3.63) is 72.8 Å². The summed E-state index contributed by atoms with van der Waals surface area (Å²) in [5, 5.41) is 0.00655. The molecule has 0 radical (unpaired) electrons. The average Bonchev–Trinajstić information content (AvgIpc) is 2.76. The summed E-state index contributed by atoms with van der Waals surface area (Å²) >= 11 is 4.09. The Hall–Kier alpha value is -2.09. The number of thioether (sulfide) groups is 2. The molecule has 0 bridgehead atoms. The molecule has 7 heteroatoms. The zero-order chi connectivity index (χ0) is 22.6. The maximum Gasteiger partial charge on any atom is 0.214 e. The number of hydrogen-bond donors (Lipinski definition) is 0. The topological polar surface area (TPSA) is 52.6 Å². The van der Waals surface area contributed by atoms with Crippen LogP contribution in [0, 0.1) is 0 Å². The largest absolute Gasteiger partial charge is 0.493 e. The number of benzene rings is 2. The van der Waals surface area contributed by atoms with E-state index in [2.05, 4.69) is 13.2 Å². The lowest BCUT2D eigenvalue weighted by Gasteiger charge is -2.08. The molecule has 164 valence electrons. The molecule has 0 aliphatic heterocycles. The highest BCUT2D eigenvalue weighted by Crippen LogP contribution is 2.30. The Bertz CT molecular complexity index is 830. The van der Waals surface area contributed by atoms with Gasteiger partial charge in [-0.25, -0.2) is 0 Å². The maximum absolute atomic E-state index is 11.5. The number of ether oxygens (including phenoxy) is 2. The number of hydrogen-bond acceptors (Lipinski definition) is 7. The van der Waals surface area contributed by atoms with Crippen molar-refractivity contribution in [1.29, 1.82) is 0 Å². The van der Waals surface area contributed by atoms with E-state index < -0.39 is 0 Å². The molecule has 0 unspecified atom stereocenters. The van der Waals surface area contributed by atoms with E-state index in [0.717, 1.165) is 21.3 Å². The van der Waals surface area contributed by atoms with Crippen LogP contribution in [0.4, 0.5) is 0 Å². The minimum atomic E-state index is 0.00327.